The Morgan fingerprint density at radius 3 is 2.19 bits per heavy atom. The van der Waals surface area contributed by atoms with Crippen LogP contribution in [-0.4, -0.2) is 27.6 Å². The summed E-state index contributed by atoms with van der Waals surface area (Å²) >= 11 is 0. The van der Waals surface area contributed by atoms with Gasteiger partial charge in [0.2, 0.25) is 5.71 Å². The van der Waals surface area contributed by atoms with Crippen LogP contribution in [0.2, 0.25) is 19.6 Å². The fraction of sp³-hybridized carbons (Fsp3) is 0.239. The molecule has 0 N–H and O–H groups in total. The second kappa shape index (κ2) is 15.4. The van der Waals surface area contributed by atoms with Gasteiger partial charge in [-0.15, -0.1) is 54.1 Å². The van der Waals surface area contributed by atoms with Gasteiger partial charge in [0.05, 0.1) is 30.5 Å². The molecule has 4 heterocycles. The van der Waals surface area contributed by atoms with E-state index in [4.69, 9.17) is 14.4 Å². The Kier molecular flexibility index (Phi) is 11.0. The van der Waals surface area contributed by atoms with E-state index in [1.54, 1.807) is 0 Å². The average Bonchev–Trinajstić information content (AvgIpc) is 3.70. The van der Waals surface area contributed by atoms with Crippen LogP contribution >= 0.6 is 0 Å². The summed E-state index contributed by atoms with van der Waals surface area (Å²) in [4.78, 5) is 14.4. The Hall–Kier alpha value is -4.68. The monoisotopic (exact) mass is 891 g/mol. The van der Waals surface area contributed by atoms with Crippen molar-refractivity contribution in [1.82, 2.24) is 19.5 Å². The smallest absolute Gasteiger partial charge is 0.216 e. The molecule has 53 heavy (non-hydrogen) atoms. The van der Waals surface area contributed by atoms with Crippen molar-refractivity contribution in [3.8, 4) is 28.3 Å². The van der Waals surface area contributed by atoms with E-state index >= 15 is 0 Å². The first-order valence-corrected chi connectivity index (χ1v) is 21.6. The van der Waals surface area contributed by atoms with E-state index in [0.717, 1.165) is 67.8 Å². The summed E-state index contributed by atoms with van der Waals surface area (Å²) in [5, 5.41) is 3.45. The molecule has 271 valence electrons. The van der Waals surface area contributed by atoms with Crippen LogP contribution in [0.25, 0.3) is 61.4 Å². The minimum absolute atomic E-state index is 0. The largest absolute Gasteiger partial charge is 0.486 e. The first kappa shape index (κ1) is 38.1. The van der Waals surface area contributed by atoms with Crippen molar-refractivity contribution in [3.05, 3.63) is 139 Å². The van der Waals surface area contributed by atoms with E-state index in [-0.39, 0.29) is 25.5 Å². The van der Waals surface area contributed by atoms with E-state index in [2.05, 4.69) is 149 Å². The van der Waals surface area contributed by atoms with Crippen LogP contribution < -0.4 is 5.19 Å². The summed E-state index contributed by atoms with van der Waals surface area (Å²) in [6, 6.07) is 44.1. The molecule has 8 aromatic rings. The van der Waals surface area contributed by atoms with E-state index in [0.29, 0.717) is 11.6 Å². The minimum atomic E-state index is -1.23. The Morgan fingerprint density at radius 2 is 1.53 bits per heavy atom. The van der Waals surface area contributed by atoms with Gasteiger partial charge < -0.3 is 14.0 Å². The summed E-state index contributed by atoms with van der Waals surface area (Å²) in [5.74, 6) is 1.35. The van der Waals surface area contributed by atoms with Crippen molar-refractivity contribution >= 4 is 46.4 Å². The van der Waals surface area contributed by atoms with E-state index in [1.165, 1.54) is 10.8 Å². The number of hydrogen-bond donors (Lipinski definition) is 0. The molecule has 5 nitrogen and oxygen atoms in total. The molecule has 0 bridgehead atoms. The molecule has 0 aliphatic carbocycles. The number of benzene rings is 4. The molecule has 0 fully saturated rings. The van der Waals surface area contributed by atoms with Crippen LogP contribution in [0, 0.1) is 18.1 Å². The third-order valence-electron chi connectivity index (χ3n) is 9.36. The fourth-order valence-electron chi connectivity index (χ4n) is 6.47. The molecule has 0 aliphatic rings. The minimum Gasteiger partial charge on any atom is -0.486 e. The quantitative estimate of drug-likeness (QED) is 0.123. The topological polar surface area (TPSA) is 56.7 Å². The molecule has 0 spiro atoms. The zero-order valence-corrected chi connectivity index (χ0v) is 35.2. The van der Waals surface area contributed by atoms with Crippen molar-refractivity contribution < 1.29 is 24.5 Å². The SMILES string of the molecule is CC(C)Cc1ccc2c(n1)oc1c(-c3nc4ccccc4n3-c3ccc(C(C)(C)C)cc3)[c-]ccc12.C[Si](C)(C)c1ccc(-c2[c-]cccc2)nc1.[Ir]. The Balaban J connectivity index is 0.000000238. The van der Waals surface area contributed by atoms with Gasteiger partial charge in [-0.3, -0.25) is 4.98 Å². The van der Waals surface area contributed by atoms with Crippen LogP contribution in [0.5, 0.6) is 0 Å². The predicted octanol–water partition coefficient (Wildman–Crippen LogP) is 11.4. The van der Waals surface area contributed by atoms with Crippen LogP contribution in [0.3, 0.4) is 0 Å². The number of pyridine rings is 2. The summed E-state index contributed by atoms with van der Waals surface area (Å²) in [5.41, 5.74) is 9.82. The zero-order chi connectivity index (χ0) is 36.6. The molecule has 0 amide bonds. The van der Waals surface area contributed by atoms with Gasteiger partial charge in [0.1, 0.15) is 0 Å². The van der Waals surface area contributed by atoms with Gasteiger partial charge in [-0.05, 0) is 70.6 Å². The normalized spacial score (nSPS) is 11.9. The number of nitrogens with zero attached hydrogens (tertiary/aromatic N) is 4. The molecule has 0 aliphatic heterocycles. The van der Waals surface area contributed by atoms with Gasteiger partial charge in [0.15, 0.2) is 0 Å². The molecule has 8 rings (SSSR count). The molecule has 0 unspecified atom stereocenters. The number of imidazole rings is 1. The number of aromatic nitrogens is 4. The van der Waals surface area contributed by atoms with E-state index < -0.39 is 8.07 Å². The summed E-state index contributed by atoms with van der Waals surface area (Å²) < 4.78 is 8.62. The number of para-hydroxylation sites is 2. The van der Waals surface area contributed by atoms with E-state index in [1.807, 2.05) is 42.6 Å². The Bertz CT molecular complexity index is 2470. The molecule has 0 saturated carbocycles. The van der Waals surface area contributed by atoms with Gasteiger partial charge in [-0.2, -0.15) is 0 Å². The molecular weight excluding hydrogens is 845 g/mol. The summed E-state index contributed by atoms with van der Waals surface area (Å²) in [6.07, 6.45) is 2.94. The maximum atomic E-state index is 6.42. The second-order valence-electron chi connectivity index (χ2n) is 16.0. The van der Waals surface area contributed by atoms with Crippen molar-refractivity contribution in [3.63, 3.8) is 0 Å². The van der Waals surface area contributed by atoms with E-state index in [9.17, 15) is 0 Å². The van der Waals surface area contributed by atoms with Crippen LogP contribution in [0.15, 0.2) is 120 Å². The Morgan fingerprint density at radius 1 is 0.774 bits per heavy atom. The number of fused-ring (bicyclic) bond motifs is 4. The van der Waals surface area contributed by atoms with Crippen molar-refractivity contribution in [2.24, 2.45) is 5.92 Å². The van der Waals surface area contributed by atoms with Crippen LogP contribution in [0.1, 0.15) is 45.9 Å². The average molecular weight is 891 g/mol. The number of hydrogen-bond acceptors (Lipinski definition) is 4. The summed E-state index contributed by atoms with van der Waals surface area (Å²) in [6.45, 7) is 18.1. The van der Waals surface area contributed by atoms with Crippen molar-refractivity contribution in [1.29, 1.82) is 0 Å². The first-order chi connectivity index (χ1) is 24.9. The standard InChI is InChI=1S/C32H30N3O.C14H16NSi.Ir/c1-20(2)19-22-15-18-25-24-9-8-10-26(29(24)36-31(25)33-22)30-34-27-11-6-7-12-28(27)35(30)23-16-13-21(14-17-23)32(3,4)5;1-16(2,3)13-9-10-14(15-11-13)12-7-5-4-6-8-12;/h6-9,11-18,20H,19H2,1-5H3;4-7,9-11H,1-3H3;/q2*-1;. The Labute approximate surface area is 327 Å². The molecule has 4 aromatic carbocycles. The maximum absolute atomic E-state index is 6.42. The zero-order valence-electron chi connectivity index (χ0n) is 31.8. The van der Waals surface area contributed by atoms with Crippen molar-refractivity contribution in [2.75, 3.05) is 0 Å². The van der Waals surface area contributed by atoms with Gasteiger partial charge in [-0.1, -0.05) is 102 Å². The van der Waals surface area contributed by atoms with Gasteiger partial charge >= 0.3 is 0 Å². The summed E-state index contributed by atoms with van der Waals surface area (Å²) in [7, 11) is -1.23. The first-order valence-electron chi connectivity index (χ1n) is 18.1. The van der Waals surface area contributed by atoms with Crippen molar-refractivity contribution in [2.45, 2.75) is 66.1 Å². The number of furan rings is 1. The van der Waals surface area contributed by atoms with Gasteiger partial charge in [0, 0.05) is 43.1 Å². The molecular formula is C46H46IrN4OSi-2. The van der Waals surface area contributed by atoms with Gasteiger partial charge in [-0.25, -0.2) is 4.98 Å². The van der Waals surface area contributed by atoms with Crippen LogP contribution in [-0.2, 0) is 31.9 Å². The molecule has 7 heteroatoms. The predicted molar refractivity (Wildman–Crippen MR) is 219 cm³/mol. The molecule has 4 aromatic heterocycles. The maximum Gasteiger partial charge on any atom is 0.216 e. The molecule has 0 atom stereocenters. The third-order valence-corrected chi connectivity index (χ3v) is 11.4. The number of rotatable bonds is 6. The van der Waals surface area contributed by atoms with Crippen LogP contribution in [0.4, 0.5) is 0 Å². The third kappa shape index (κ3) is 8.13. The van der Waals surface area contributed by atoms with Gasteiger partial charge in [0.25, 0.3) is 0 Å². The second-order valence-corrected chi connectivity index (χ2v) is 21.0. The molecule has 1 radical (unpaired) electrons. The molecule has 0 saturated heterocycles. The fourth-order valence-corrected chi connectivity index (χ4v) is 7.51.